The van der Waals surface area contributed by atoms with Crippen molar-refractivity contribution in [1.29, 1.82) is 0 Å². The number of halogens is 4. The Morgan fingerprint density at radius 1 is 1.06 bits per heavy atom. The fraction of sp³-hybridized carbons (Fsp3) is 0.227. The van der Waals surface area contributed by atoms with Crippen molar-refractivity contribution < 1.29 is 30.8 Å². The molecular formula is C22H19F4N5O3S. The number of nitrogens with zero attached hydrogens (tertiary/aromatic N) is 2. The molecule has 1 fully saturated rings. The topological polar surface area (TPSA) is 127 Å². The number of alkyl halides is 2. The predicted octanol–water partition coefficient (Wildman–Crippen LogP) is 3.85. The Labute approximate surface area is 197 Å². The van der Waals surface area contributed by atoms with Crippen LogP contribution in [-0.2, 0) is 14.6 Å². The summed E-state index contributed by atoms with van der Waals surface area (Å²) in [5.41, 5.74) is 6.72. The Bertz CT molecular complexity index is 1380. The molecule has 2 amide bonds. The van der Waals surface area contributed by atoms with Crippen LogP contribution in [0.2, 0.25) is 0 Å². The standard InChI is InChI=1S/C22H19F4N5O3S/c23-13-3-6-16(15(24)9-13)35(33,34)22(7-8-22)17-10-19(27)31-20(30-17)12-1-4-14(5-2-12)29-21(32)28-11-18(25)26/h1-6,9-10,18H,7-8,11H2,(H2,27,30,31)(H2,28,29,32). The van der Waals surface area contributed by atoms with Crippen LogP contribution in [0, 0.1) is 11.6 Å². The van der Waals surface area contributed by atoms with Gasteiger partial charge in [0.2, 0.25) is 0 Å². The SMILES string of the molecule is Nc1cc(C2(S(=O)(=O)c3ccc(F)cc3F)CC2)nc(-c2ccc(NC(=O)NCC(F)F)cc2)n1. The van der Waals surface area contributed by atoms with E-state index in [9.17, 15) is 30.8 Å². The lowest BCUT2D eigenvalue weighted by atomic mass is 10.1. The highest BCUT2D eigenvalue weighted by molar-refractivity contribution is 7.92. The molecule has 0 aliphatic heterocycles. The second-order valence-corrected chi connectivity index (χ2v) is 10.1. The molecule has 0 bridgehead atoms. The van der Waals surface area contributed by atoms with Gasteiger partial charge >= 0.3 is 6.03 Å². The molecular weight excluding hydrogens is 490 g/mol. The Balaban J connectivity index is 1.62. The van der Waals surface area contributed by atoms with Gasteiger partial charge in [-0.3, -0.25) is 0 Å². The molecule has 0 spiro atoms. The number of urea groups is 1. The highest BCUT2D eigenvalue weighted by atomic mass is 32.2. The van der Waals surface area contributed by atoms with Crippen molar-refractivity contribution in [3.05, 3.63) is 65.9 Å². The summed E-state index contributed by atoms with van der Waals surface area (Å²) in [7, 11) is -4.27. The minimum absolute atomic E-state index is 0.0142. The van der Waals surface area contributed by atoms with Crippen molar-refractivity contribution in [2.45, 2.75) is 28.9 Å². The molecule has 3 aromatic rings. The molecule has 13 heteroatoms. The average molecular weight is 509 g/mol. The first-order valence-corrected chi connectivity index (χ1v) is 11.8. The lowest BCUT2D eigenvalue weighted by Gasteiger charge is -2.18. The number of nitrogens with two attached hydrogens (primary N) is 1. The number of amides is 2. The summed E-state index contributed by atoms with van der Waals surface area (Å²) in [6.07, 6.45) is -2.35. The van der Waals surface area contributed by atoms with E-state index >= 15 is 0 Å². The van der Waals surface area contributed by atoms with Crippen LogP contribution in [0.15, 0.2) is 53.4 Å². The van der Waals surface area contributed by atoms with Gasteiger partial charge in [0.1, 0.15) is 27.1 Å². The zero-order chi connectivity index (χ0) is 25.4. The smallest absolute Gasteiger partial charge is 0.319 e. The maximum Gasteiger partial charge on any atom is 0.319 e. The Morgan fingerprint density at radius 3 is 2.34 bits per heavy atom. The molecule has 4 rings (SSSR count). The molecule has 1 aliphatic rings. The van der Waals surface area contributed by atoms with Gasteiger partial charge in [0.05, 0.1) is 12.2 Å². The van der Waals surface area contributed by atoms with Gasteiger partial charge in [-0.15, -0.1) is 0 Å². The number of anilines is 2. The monoisotopic (exact) mass is 509 g/mol. The molecule has 1 saturated carbocycles. The quantitative estimate of drug-likeness (QED) is 0.328. The van der Waals surface area contributed by atoms with Gasteiger partial charge in [-0.25, -0.2) is 40.7 Å². The van der Waals surface area contributed by atoms with Crippen molar-refractivity contribution >= 4 is 27.4 Å². The van der Waals surface area contributed by atoms with E-state index < -0.39 is 50.1 Å². The largest absolute Gasteiger partial charge is 0.384 e. The molecule has 0 radical (unpaired) electrons. The van der Waals surface area contributed by atoms with E-state index in [1.807, 2.05) is 5.32 Å². The first kappa shape index (κ1) is 24.4. The lowest BCUT2D eigenvalue weighted by Crippen LogP contribution is -2.32. The molecule has 0 atom stereocenters. The van der Waals surface area contributed by atoms with Crippen LogP contribution in [0.25, 0.3) is 11.4 Å². The second kappa shape index (κ2) is 9.13. The molecule has 8 nitrogen and oxygen atoms in total. The van der Waals surface area contributed by atoms with Crippen molar-refractivity contribution in [2.24, 2.45) is 0 Å². The van der Waals surface area contributed by atoms with E-state index in [1.165, 1.54) is 30.3 Å². The molecule has 35 heavy (non-hydrogen) atoms. The molecule has 1 heterocycles. The first-order chi connectivity index (χ1) is 16.5. The van der Waals surface area contributed by atoms with E-state index in [0.717, 1.165) is 12.1 Å². The van der Waals surface area contributed by atoms with Gasteiger partial charge in [0, 0.05) is 23.4 Å². The Kier molecular flexibility index (Phi) is 6.36. The lowest BCUT2D eigenvalue weighted by molar-refractivity contribution is 0.148. The van der Waals surface area contributed by atoms with E-state index in [4.69, 9.17) is 5.73 Å². The molecule has 2 aromatic carbocycles. The van der Waals surface area contributed by atoms with Crippen LogP contribution in [0.4, 0.5) is 33.9 Å². The third kappa shape index (κ3) is 4.90. The maximum absolute atomic E-state index is 14.3. The number of hydrogen-bond acceptors (Lipinski definition) is 6. The molecule has 4 N–H and O–H groups in total. The number of nitrogens with one attached hydrogen (secondary N) is 2. The number of aromatic nitrogens is 2. The van der Waals surface area contributed by atoms with Crippen molar-refractivity contribution in [1.82, 2.24) is 15.3 Å². The van der Waals surface area contributed by atoms with Crippen LogP contribution < -0.4 is 16.4 Å². The third-order valence-electron chi connectivity index (χ3n) is 5.43. The fourth-order valence-electron chi connectivity index (χ4n) is 3.56. The number of nitrogen functional groups attached to an aromatic ring is 1. The van der Waals surface area contributed by atoms with Gasteiger partial charge in [0.15, 0.2) is 15.7 Å². The highest BCUT2D eigenvalue weighted by Crippen LogP contribution is 2.55. The number of rotatable bonds is 7. The highest BCUT2D eigenvalue weighted by Gasteiger charge is 2.58. The first-order valence-electron chi connectivity index (χ1n) is 10.3. The van der Waals surface area contributed by atoms with Crippen molar-refractivity contribution in [2.75, 3.05) is 17.6 Å². The molecule has 1 aliphatic carbocycles. The van der Waals surface area contributed by atoms with Crippen LogP contribution >= 0.6 is 0 Å². The zero-order valence-electron chi connectivity index (χ0n) is 17.9. The van der Waals surface area contributed by atoms with Crippen LogP contribution in [0.3, 0.4) is 0 Å². The maximum atomic E-state index is 14.3. The van der Waals surface area contributed by atoms with E-state index in [1.54, 1.807) is 0 Å². The van der Waals surface area contributed by atoms with E-state index in [2.05, 4.69) is 15.3 Å². The number of carbonyl (C=O) groups is 1. The normalized spacial score (nSPS) is 14.5. The van der Waals surface area contributed by atoms with Crippen LogP contribution in [0.5, 0.6) is 0 Å². The minimum Gasteiger partial charge on any atom is -0.384 e. The van der Waals surface area contributed by atoms with Gasteiger partial charge in [0.25, 0.3) is 6.43 Å². The Hall–Kier alpha value is -3.74. The summed E-state index contributed by atoms with van der Waals surface area (Å²) >= 11 is 0. The number of carbonyl (C=O) groups excluding carboxylic acids is 1. The molecule has 184 valence electrons. The van der Waals surface area contributed by atoms with Crippen molar-refractivity contribution in [3.8, 4) is 11.4 Å². The molecule has 0 saturated heterocycles. The number of benzene rings is 2. The zero-order valence-corrected chi connectivity index (χ0v) is 18.8. The van der Waals surface area contributed by atoms with Crippen LogP contribution in [-0.4, -0.2) is 37.4 Å². The average Bonchev–Trinajstić information content (AvgIpc) is 3.60. The Morgan fingerprint density at radius 2 is 1.74 bits per heavy atom. The van der Waals surface area contributed by atoms with Gasteiger partial charge < -0.3 is 16.4 Å². The predicted molar refractivity (Wildman–Crippen MR) is 119 cm³/mol. The van der Waals surface area contributed by atoms with E-state index in [-0.39, 0.29) is 30.2 Å². The summed E-state index contributed by atoms with van der Waals surface area (Å²) in [4.78, 5) is 19.5. The van der Waals surface area contributed by atoms with Crippen LogP contribution in [0.1, 0.15) is 18.5 Å². The summed E-state index contributed by atoms with van der Waals surface area (Å²) < 4.78 is 77.1. The number of sulfone groups is 1. The second-order valence-electron chi connectivity index (χ2n) is 7.88. The van der Waals surface area contributed by atoms with Crippen molar-refractivity contribution in [3.63, 3.8) is 0 Å². The summed E-state index contributed by atoms with van der Waals surface area (Å²) in [6, 6.07) is 8.75. The van der Waals surface area contributed by atoms with Gasteiger partial charge in [-0.2, -0.15) is 0 Å². The fourth-order valence-corrected chi connectivity index (χ4v) is 5.56. The van der Waals surface area contributed by atoms with Gasteiger partial charge in [-0.05, 0) is 49.2 Å². The van der Waals surface area contributed by atoms with Gasteiger partial charge in [-0.1, -0.05) is 0 Å². The van der Waals surface area contributed by atoms with E-state index in [0.29, 0.717) is 17.3 Å². The third-order valence-corrected chi connectivity index (χ3v) is 7.99. The summed E-state index contributed by atoms with van der Waals surface area (Å²) in [5.74, 6) is -2.02. The number of hydrogen-bond donors (Lipinski definition) is 3. The molecule has 1 aromatic heterocycles. The minimum atomic E-state index is -4.27. The summed E-state index contributed by atoms with van der Waals surface area (Å²) in [6.45, 7) is -0.795. The molecule has 0 unspecified atom stereocenters. The summed E-state index contributed by atoms with van der Waals surface area (Å²) in [5, 5.41) is 4.39.